The number of carboxylic acid groups (broad SMARTS) is 1. The SMILES string of the molecule is C[C@H](Oc1ccc(Cl)c(-n2c(=O)[nH]c3csc(C(=O)O)c3c2=O)c1)c1ccccc1. The molecule has 0 saturated carbocycles. The van der Waals surface area contributed by atoms with Crippen LogP contribution in [0.5, 0.6) is 5.75 Å². The molecule has 0 fully saturated rings. The molecule has 0 aliphatic heterocycles. The molecule has 2 N–H and O–H groups in total. The molecule has 1 atom stereocenters. The third-order valence-corrected chi connectivity index (χ3v) is 5.87. The summed E-state index contributed by atoms with van der Waals surface area (Å²) < 4.78 is 6.78. The first-order valence-electron chi connectivity index (χ1n) is 8.88. The maximum Gasteiger partial charge on any atom is 0.346 e. The lowest BCUT2D eigenvalue weighted by atomic mass is 10.1. The van der Waals surface area contributed by atoms with Crippen LogP contribution in [0.3, 0.4) is 0 Å². The molecule has 2 aromatic carbocycles. The van der Waals surface area contributed by atoms with Crippen LogP contribution in [0.25, 0.3) is 16.6 Å². The second-order valence-electron chi connectivity index (χ2n) is 6.51. The molecule has 30 heavy (non-hydrogen) atoms. The van der Waals surface area contributed by atoms with Crippen LogP contribution in [0, 0.1) is 0 Å². The predicted molar refractivity (Wildman–Crippen MR) is 115 cm³/mol. The Kier molecular flexibility index (Phi) is 5.19. The van der Waals surface area contributed by atoms with E-state index in [0.717, 1.165) is 21.5 Å². The van der Waals surface area contributed by atoms with Crippen LogP contribution >= 0.6 is 22.9 Å². The van der Waals surface area contributed by atoms with Gasteiger partial charge >= 0.3 is 11.7 Å². The van der Waals surface area contributed by atoms with E-state index >= 15 is 0 Å². The summed E-state index contributed by atoms with van der Waals surface area (Å²) in [5.41, 5.74) is -0.259. The summed E-state index contributed by atoms with van der Waals surface area (Å²) in [7, 11) is 0. The minimum atomic E-state index is -1.24. The van der Waals surface area contributed by atoms with Gasteiger partial charge in [-0.25, -0.2) is 14.2 Å². The van der Waals surface area contributed by atoms with Crippen molar-refractivity contribution < 1.29 is 14.6 Å². The molecule has 0 saturated heterocycles. The lowest BCUT2D eigenvalue weighted by Crippen LogP contribution is -2.34. The fraction of sp³-hybridized carbons (Fsp3) is 0.0952. The molecule has 0 bridgehead atoms. The van der Waals surface area contributed by atoms with E-state index in [1.807, 2.05) is 37.3 Å². The molecule has 4 rings (SSSR count). The molecule has 2 aromatic heterocycles. The number of rotatable bonds is 5. The Morgan fingerprint density at radius 2 is 1.93 bits per heavy atom. The van der Waals surface area contributed by atoms with Crippen molar-refractivity contribution in [2.24, 2.45) is 0 Å². The van der Waals surface area contributed by atoms with Gasteiger partial charge in [0.1, 0.15) is 16.7 Å². The number of aromatic amines is 1. The fourth-order valence-electron chi connectivity index (χ4n) is 3.15. The number of H-pyrrole nitrogens is 1. The summed E-state index contributed by atoms with van der Waals surface area (Å²) >= 11 is 7.14. The first-order valence-corrected chi connectivity index (χ1v) is 10.1. The second-order valence-corrected chi connectivity index (χ2v) is 7.80. The van der Waals surface area contributed by atoms with Gasteiger partial charge in [-0.15, -0.1) is 11.3 Å². The Morgan fingerprint density at radius 3 is 2.63 bits per heavy atom. The number of nitrogens with one attached hydrogen (secondary N) is 1. The molecule has 2 heterocycles. The van der Waals surface area contributed by atoms with Gasteiger partial charge in [0.05, 0.1) is 21.6 Å². The van der Waals surface area contributed by atoms with Crippen molar-refractivity contribution in [3.8, 4) is 11.4 Å². The number of fused-ring (bicyclic) bond motifs is 1. The summed E-state index contributed by atoms with van der Waals surface area (Å²) in [4.78, 5) is 39.5. The van der Waals surface area contributed by atoms with Crippen molar-refractivity contribution in [1.29, 1.82) is 0 Å². The van der Waals surface area contributed by atoms with Crippen molar-refractivity contribution in [1.82, 2.24) is 9.55 Å². The normalized spacial score (nSPS) is 12.1. The number of ether oxygens (including phenoxy) is 1. The van der Waals surface area contributed by atoms with Gasteiger partial charge < -0.3 is 14.8 Å². The Labute approximate surface area is 178 Å². The van der Waals surface area contributed by atoms with Crippen molar-refractivity contribution >= 4 is 39.8 Å². The van der Waals surface area contributed by atoms with E-state index in [1.165, 1.54) is 17.5 Å². The first-order chi connectivity index (χ1) is 14.4. The van der Waals surface area contributed by atoms with Gasteiger partial charge in [-0.05, 0) is 24.6 Å². The largest absolute Gasteiger partial charge is 0.486 e. The molecule has 0 unspecified atom stereocenters. The predicted octanol–water partition coefficient (Wildman–Crippen LogP) is 4.23. The molecule has 0 amide bonds. The fourth-order valence-corrected chi connectivity index (χ4v) is 4.18. The molecule has 0 aliphatic rings. The van der Waals surface area contributed by atoms with Crippen LogP contribution in [0.1, 0.15) is 28.3 Å². The molecule has 0 spiro atoms. The zero-order chi connectivity index (χ0) is 21.4. The highest BCUT2D eigenvalue weighted by atomic mass is 35.5. The molecule has 7 nitrogen and oxygen atoms in total. The minimum absolute atomic E-state index is 0.0767. The maximum absolute atomic E-state index is 13.0. The smallest absolute Gasteiger partial charge is 0.346 e. The number of thiophene rings is 1. The van der Waals surface area contributed by atoms with E-state index in [-0.39, 0.29) is 32.6 Å². The van der Waals surface area contributed by atoms with Crippen molar-refractivity contribution in [2.45, 2.75) is 13.0 Å². The Morgan fingerprint density at radius 1 is 1.20 bits per heavy atom. The topological polar surface area (TPSA) is 101 Å². The summed E-state index contributed by atoms with van der Waals surface area (Å²) in [6.45, 7) is 1.87. The zero-order valence-corrected chi connectivity index (χ0v) is 17.2. The Bertz CT molecular complexity index is 1370. The lowest BCUT2D eigenvalue weighted by Gasteiger charge is -2.16. The van der Waals surface area contributed by atoms with Crippen LogP contribution in [0.2, 0.25) is 5.02 Å². The van der Waals surface area contributed by atoms with Gasteiger partial charge in [0.25, 0.3) is 5.56 Å². The van der Waals surface area contributed by atoms with Gasteiger partial charge in [0.15, 0.2) is 0 Å². The van der Waals surface area contributed by atoms with Crippen LogP contribution in [0.4, 0.5) is 0 Å². The minimum Gasteiger partial charge on any atom is -0.486 e. The lowest BCUT2D eigenvalue weighted by molar-refractivity contribution is 0.0704. The molecular formula is C21H15ClN2O5S. The number of carbonyl (C=O) groups is 1. The van der Waals surface area contributed by atoms with Crippen LogP contribution in [-0.2, 0) is 0 Å². The van der Waals surface area contributed by atoms with Crippen LogP contribution < -0.4 is 16.0 Å². The molecule has 152 valence electrons. The third-order valence-electron chi connectivity index (χ3n) is 4.59. The van der Waals surface area contributed by atoms with E-state index in [2.05, 4.69) is 4.98 Å². The number of halogens is 1. The monoisotopic (exact) mass is 442 g/mol. The molecule has 4 aromatic rings. The van der Waals surface area contributed by atoms with Crippen molar-refractivity contribution in [2.75, 3.05) is 0 Å². The van der Waals surface area contributed by atoms with Crippen LogP contribution in [-0.4, -0.2) is 20.6 Å². The summed E-state index contributed by atoms with van der Waals surface area (Å²) in [6, 6.07) is 14.2. The number of hydrogen-bond acceptors (Lipinski definition) is 5. The van der Waals surface area contributed by atoms with E-state index in [9.17, 15) is 19.5 Å². The molecule has 9 heteroatoms. The Hall–Kier alpha value is -3.36. The quantitative estimate of drug-likeness (QED) is 0.481. The van der Waals surface area contributed by atoms with Gasteiger partial charge in [0.2, 0.25) is 0 Å². The highest BCUT2D eigenvalue weighted by molar-refractivity contribution is 7.13. The molecule has 0 aliphatic carbocycles. The zero-order valence-electron chi connectivity index (χ0n) is 15.6. The van der Waals surface area contributed by atoms with E-state index in [4.69, 9.17) is 16.3 Å². The highest BCUT2D eigenvalue weighted by Crippen LogP contribution is 2.28. The summed E-state index contributed by atoms with van der Waals surface area (Å²) in [5.74, 6) is -0.841. The average Bonchev–Trinajstić information content (AvgIpc) is 3.15. The van der Waals surface area contributed by atoms with E-state index < -0.39 is 17.2 Å². The Balaban J connectivity index is 1.83. The number of aromatic nitrogens is 2. The highest BCUT2D eigenvalue weighted by Gasteiger charge is 2.20. The summed E-state index contributed by atoms with van der Waals surface area (Å²) in [6.07, 6.45) is -0.284. The van der Waals surface area contributed by atoms with Gasteiger partial charge in [-0.2, -0.15) is 0 Å². The molecule has 0 radical (unpaired) electrons. The number of benzene rings is 2. The number of nitrogens with zero attached hydrogens (tertiary/aromatic N) is 1. The van der Waals surface area contributed by atoms with Crippen LogP contribution in [0.15, 0.2) is 63.5 Å². The van der Waals surface area contributed by atoms with E-state index in [1.54, 1.807) is 6.07 Å². The first kappa shape index (κ1) is 19.9. The number of hydrogen-bond donors (Lipinski definition) is 2. The van der Waals surface area contributed by atoms with E-state index in [0.29, 0.717) is 5.75 Å². The van der Waals surface area contributed by atoms with Gasteiger partial charge in [-0.1, -0.05) is 41.9 Å². The maximum atomic E-state index is 13.0. The molecular weight excluding hydrogens is 428 g/mol. The number of aromatic carboxylic acids is 1. The number of carboxylic acids is 1. The van der Waals surface area contributed by atoms with Crippen molar-refractivity contribution in [3.63, 3.8) is 0 Å². The summed E-state index contributed by atoms with van der Waals surface area (Å²) in [5, 5.41) is 10.9. The van der Waals surface area contributed by atoms with Gasteiger partial charge in [-0.3, -0.25) is 4.79 Å². The van der Waals surface area contributed by atoms with Crippen molar-refractivity contribution in [3.05, 3.63) is 90.2 Å². The van der Waals surface area contributed by atoms with Gasteiger partial charge in [0, 0.05) is 11.4 Å². The standard InChI is InChI=1S/C21H15ClN2O5S/c1-11(12-5-3-2-4-6-12)29-13-7-8-14(22)16(9-13)24-19(25)17-15(23-21(24)28)10-30-18(17)20(26)27/h2-11H,1H3,(H,23,28)(H,26,27)/t11-/m0/s1. The third kappa shape index (κ3) is 3.51. The average molecular weight is 443 g/mol. The second kappa shape index (κ2) is 7.81.